The molecule has 0 aromatic rings. The zero-order valence-electron chi connectivity index (χ0n) is 7.64. The lowest BCUT2D eigenvalue weighted by Crippen LogP contribution is -2.14. The first-order chi connectivity index (χ1) is 5.43. The van der Waals surface area contributed by atoms with Gasteiger partial charge in [0.25, 0.3) is 0 Å². The van der Waals surface area contributed by atoms with E-state index in [0.29, 0.717) is 6.10 Å². The summed E-state index contributed by atoms with van der Waals surface area (Å²) in [6.07, 6.45) is 10.2. The average molecular weight is 156 g/mol. The summed E-state index contributed by atoms with van der Waals surface area (Å²) in [6, 6.07) is 0. The van der Waals surface area contributed by atoms with Gasteiger partial charge in [-0.25, -0.2) is 0 Å². The van der Waals surface area contributed by atoms with Crippen molar-refractivity contribution in [3.63, 3.8) is 0 Å². The third kappa shape index (κ3) is 3.76. The normalized spacial score (nSPS) is 22.6. The van der Waals surface area contributed by atoms with Gasteiger partial charge >= 0.3 is 0 Å². The van der Waals surface area contributed by atoms with Crippen LogP contribution in [0.1, 0.15) is 51.9 Å². The van der Waals surface area contributed by atoms with E-state index in [9.17, 15) is 0 Å². The Bertz CT molecular complexity index is 82.9. The van der Waals surface area contributed by atoms with Crippen LogP contribution in [-0.2, 0) is 4.74 Å². The molecule has 0 unspecified atom stereocenters. The van der Waals surface area contributed by atoms with Gasteiger partial charge in [-0.3, -0.25) is 0 Å². The zero-order chi connectivity index (χ0) is 7.94. The van der Waals surface area contributed by atoms with Gasteiger partial charge in [-0.05, 0) is 19.8 Å². The van der Waals surface area contributed by atoms with Crippen LogP contribution >= 0.6 is 0 Å². The Morgan fingerprint density at radius 1 is 1.00 bits per heavy atom. The molecule has 1 fully saturated rings. The average Bonchev–Trinajstić information content (AvgIpc) is 1.94. The lowest BCUT2D eigenvalue weighted by Gasteiger charge is -2.19. The van der Waals surface area contributed by atoms with Crippen LogP contribution < -0.4 is 0 Å². The summed E-state index contributed by atoms with van der Waals surface area (Å²) in [6.45, 7) is 2.99. The highest BCUT2D eigenvalue weighted by atomic mass is 16.5. The minimum atomic E-state index is 0.584. The van der Waals surface area contributed by atoms with E-state index >= 15 is 0 Å². The third-order valence-electron chi connectivity index (χ3n) is 2.45. The van der Waals surface area contributed by atoms with Crippen molar-refractivity contribution in [2.24, 2.45) is 0 Å². The SMILES string of the molecule is CCOC1CCCCCCC1. The van der Waals surface area contributed by atoms with Crippen LogP contribution in [0.2, 0.25) is 0 Å². The maximum atomic E-state index is 5.62. The molecule has 11 heavy (non-hydrogen) atoms. The van der Waals surface area contributed by atoms with Crippen molar-refractivity contribution in [1.82, 2.24) is 0 Å². The molecule has 1 saturated carbocycles. The van der Waals surface area contributed by atoms with Crippen molar-refractivity contribution in [2.75, 3.05) is 6.61 Å². The zero-order valence-corrected chi connectivity index (χ0v) is 7.64. The number of hydrogen-bond acceptors (Lipinski definition) is 1. The molecule has 0 aromatic carbocycles. The lowest BCUT2D eigenvalue weighted by atomic mass is 9.99. The quantitative estimate of drug-likeness (QED) is 0.597. The molecule has 0 aromatic heterocycles. The first kappa shape index (κ1) is 9.05. The van der Waals surface area contributed by atoms with Crippen molar-refractivity contribution >= 4 is 0 Å². The molecule has 1 aliphatic rings. The summed E-state index contributed by atoms with van der Waals surface area (Å²) in [5, 5.41) is 0. The molecule has 1 nitrogen and oxygen atoms in total. The highest BCUT2D eigenvalue weighted by molar-refractivity contribution is 4.62. The molecule has 0 saturated heterocycles. The van der Waals surface area contributed by atoms with E-state index in [0.717, 1.165) is 6.61 Å². The lowest BCUT2D eigenvalue weighted by molar-refractivity contribution is 0.0442. The molecule has 0 radical (unpaired) electrons. The van der Waals surface area contributed by atoms with Gasteiger partial charge in [0.2, 0.25) is 0 Å². The molecule has 0 amide bonds. The van der Waals surface area contributed by atoms with Crippen molar-refractivity contribution in [3.8, 4) is 0 Å². The largest absolute Gasteiger partial charge is 0.379 e. The molecular weight excluding hydrogens is 136 g/mol. The van der Waals surface area contributed by atoms with Crippen molar-refractivity contribution in [3.05, 3.63) is 0 Å². The summed E-state index contributed by atoms with van der Waals surface area (Å²) < 4.78 is 5.62. The first-order valence-corrected chi connectivity index (χ1v) is 5.05. The topological polar surface area (TPSA) is 9.23 Å². The molecule has 0 aliphatic heterocycles. The fourth-order valence-corrected chi connectivity index (χ4v) is 1.82. The van der Waals surface area contributed by atoms with Gasteiger partial charge in [0.1, 0.15) is 0 Å². The summed E-state index contributed by atoms with van der Waals surface area (Å²) >= 11 is 0. The van der Waals surface area contributed by atoms with Crippen LogP contribution in [0.5, 0.6) is 0 Å². The fourth-order valence-electron chi connectivity index (χ4n) is 1.82. The Labute approximate surface area is 70.1 Å². The monoisotopic (exact) mass is 156 g/mol. The predicted molar refractivity (Wildman–Crippen MR) is 47.7 cm³/mol. The molecule has 0 bridgehead atoms. The van der Waals surface area contributed by atoms with Crippen LogP contribution in [0.25, 0.3) is 0 Å². The van der Waals surface area contributed by atoms with Crippen LogP contribution in [0.15, 0.2) is 0 Å². The van der Waals surface area contributed by atoms with Crippen LogP contribution in [0.3, 0.4) is 0 Å². The second kappa shape index (κ2) is 5.59. The summed E-state index contributed by atoms with van der Waals surface area (Å²) in [5.41, 5.74) is 0. The van der Waals surface area contributed by atoms with Gasteiger partial charge in [-0.1, -0.05) is 32.1 Å². The van der Waals surface area contributed by atoms with Gasteiger partial charge in [-0.2, -0.15) is 0 Å². The predicted octanol–water partition coefficient (Wildman–Crippen LogP) is 3.14. The number of hydrogen-bond donors (Lipinski definition) is 0. The van der Waals surface area contributed by atoms with Crippen molar-refractivity contribution < 1.29 is 4.74 Å². The fraction of sp³-hybridized carbons (Fsp3) is 1.00. The van der Waals surface area contributed by atoms with E-state index in [-0.39, 0.29) is 0 Å². The Morgan fingerprint density at radius 2 is 1.55 bits per heavy atom. The molecule has 1 aliphatic carbocycles. The molecule has 0 heterocycles. The molecule has 1 rings (SSSR count). The number of ether oxygens (including phenoxy) is 1. The smallest absolute Gasteiger partial charge is 0.0575 e. The van der Waals surface area contributed by atoms with Gasteiger partial charge in [0.15, 0.2) is 0 Å². The highest BCUT2D eigenvalue weighted by Crippen LogP contribution is 2.18. The molecule has 66 valence electrons. The summed E-state index contributed by atoms with van der Waals surface area (Å²) in [7, 11) is 0. The molecule has 1 heteroatoms. The van der Waals surface area contributed by atoms with E-state index in [1.54, 1.807) is 0 Å². The second-order valence-electron chi connectivity index (χ2n) is 3.42. The molecule has 0 N–H and O–H groups in total. The van der Waals surface area contributed by atoms with Crippen molar-refractivity contribution in [1.29, 1.82) is 0 Å². The van der Waals surface area contributed by atoms with Gasteiger partial charge in [0, 0.05) is 6.61 Å². The standard InChI is InChI=1S/C10H20O/c1-2-11-10-8-6-4-3-5-7-9-10/h10H,2-9H2,1H3. The summed E-state index contributed by atoms with van der Waals surface area (Å²) in [4.78, 5) is 0. The minimum Gasteiger partial charge on any atom is -0.379 e. The van der Waals surface area contributed by atoms with Gasteiger partial charge in [0.05, 0.1) is 6.10 Å². The molecule has 0 spiro atoms. The van der Waals surface area contributed by atoms with E-state index < -0.39 is 0 Å². The minimum absolute atomic E-state index is 0.584. The maximum Gasteiger partial charge on any atom is 0.0575 e. The Balaban J connectivity index is 2.15. The van der Waals surface area contributed by atoms with Crippen LogP contribution in [-0.4, -0.2) is 12.7 Å². The van der Waals surface area contributed by atoms with E-state index in [2.05, 4.69) is 6.92 Å². The van der Waals surface area contributed by atoms with Gasteiger partial charge in [-0.15, -0.1) is 0 Å². The first-order valence-electron chi connectivity index (χ1n) is 5.05. The van der Waals surface area contributed by atoms with E-state index in [4.69, 9.17) is 4.74 Å². The Hall–Kier alpha value is -0.0400. The Morgan fingerprint density at radius 3 is 2.09 bits per heavy atom. The summed E-state index contributed by atoms with van der Waals surface area (Å²) in [5.74, 6) is 0. The van der Waals surface area contributed by atoms with Gasteiger partial charge < -0.3 is 4.74 Å². The highest BCUT2D eigenvalue weighted by Gasteiger charge is 2.09. The number of rotatable bonds is 2. The Kier molecular flexibility index (Phi) is 4.60. The van der Waals surface area contributed by atoms with Crippen molar-refractivity contribution in [2.45, 2.75) is 58.0 Å². The molecule has 0 atom stereocenters. The van der Waals surface area contributed by atoms with Crippen LogP contribution in [0, 0.1) is 0 Å². The molecular formula is C10H20O. The van der Waals surface area contributed by atoms with E-state index in [1.807, 2.05) is 0 Å². The third-order valence-corrected chi connectivity index (χ3v) is 2.45. The van der Waals surface area contributed by atoms with Crippen LogP contribution in [0.4, 0.5) is 0 Å². The second-order valence-corrected chi connectivity index (χ2v) is 3.42. The van der Waals surface area contributed by atoms with E-state index in [1.165, 1.54) is 44.9 Å². The maximum absolute atomic E-state index is 5.62.